The maximum atomic E-state index is 13.3. The first kappa shape index (κ1) is 15.0. The number of halogens is 1. The SMILES string of the molecule is CC(C)(C)c1ccc(NC(=O)c2cc(N)cc(F)c2)cc1. The van der Waals surface area contributed by atoms with Crippen molar-refractivity contribution < 1.29 is 9.18 Å². The molecule has 4 heteroatoms. The van der Waals surface area contributed by atoms with Crippen molar-refractivity contribution in [2.75, 3.05) is 11.1 Å². The van der Waals surface area contributed by atoms with Crippen LogP contribution in [0.2, 0.25) is 0 Å². The topological polar surface area (TPSA) is 55.1 Å². The number of nitrogens with two attached hydrogens (primary N) is 1. The molecule has 0 aliphatic rings. The Morgan fingerprint density at radius 2 is 1.71 bits per heavy atom. The molecule has 0 unspecified atom stereocenters. The molecule has 0 aliphatic heterocycles. The number of hydrogen-bond acceptors (Lipinski definition) is 2. The molecule has 1 amide bonds. The van der Waals surface area contributed by atoms with Gasteiger partial charge in [-0.2, -0.15) is 0 Å². The maximum absolute atomic E-state index is 13.3. The van der Waals surface area contributed by atoms with Crippen molar-refractivity contribution in [1.29, 1.82) is 0 Å². The Morgan fingerprint density at radius 3 is 2.24 bits per heavy atom. The fourth-order valence-electron chi connectivity index (χ4n) is 2.00. The highest BCUT2D eigenvalue weighted by Gasteiger charge is 2.13. The summed E-state index contributed by atoms with van der Waals surface area (Å²) >= 11 is 0. The first-order valence-electron chi connectivity index (χ1n) is 6.74. The Bertz CT molecular complexity index is 637. The molecule has 0 aromatic heterocycles. The van der Waals surface area contributed by atoms with Crippen molar-refractivity contribution in [3.8, 4) is 0 Å². The predicted molar refractivity (Wildman–Crippen MR) is 83.9 cm³/mol. The summed E-state index contributed by atoms with van der Waals surface area (Å²) < 4.78 is 13.3. The summed E-state index contributed by atoms with van der Waals surface area (Å²) in [6.07, 6.45) is 0. The summed E-state index contributed by atoms with van der Waals surface area (Å²) in [6, 6.07) is 11.4. The van der Waals surface area contributed by atoms with E-state index >= 15 is 0 Å². The number of benzene rings is 2. The summed E-state index contributed by atoms with van der Waals surface area (Å²) in [6.45, 7) is 6.36. The number of amides is 1. The minimum atomic E-state index is -0.525. The molecule has 0 atom stereocenters. The summed E-state index contributed by atoms with van der Waals surface area (Å²) in [5, 5.41) is 2.73. The van der Waals surface area contributed by atoms with Crippen LogP contribution in [0.5, 0.6) is 0 Å². The van der Waals surface area contributed by atoms with Crippen LogP contribution in [0.25, 0.3) is 0 Å². The fourth-order valence-corrected chi connectivity index (χ4v) is 2.00. The van der Waals surface area contributed by atoms with E-state index < -0.39 is 5.82 Å². The zero-order valence-electron chi connectivity index (χ0n) is 12.4. The first-order chi connectivity index (χ1) is 9.75. The second kappa shape index (κ2) is 5.56. The van der Waals surface area contributed by atoms with Crippen molar-refractivity contribution in [3.63, 3.8) is 0 Å². The second-order valence-electron chi connectivity index (χ2n) is 6.05. The van der Waals surface area contributed by atoms with Crippen molar-refractivity contribution in [1.82, 2.24) is 0 Å². The van der Waals surface area contributed by atoms with Gasteiger partial charge in [0.15, 0.2) is 0 Å². The molecule has 0 saturated heterocycles. The molecule has 0 heterocycles. The van der Waals surface area contributed by atoms with E-state index in [2.05, 4.69) is 26.1 Å². The largest absolute Gasteiger partial charge is 0.399 e. The van der Waals surface area contributed by atoms with E-state index in [1.165, 1.54) is 17.7 Å². The van der Waals surface area contributed by atoms with E-state index in [4.69, 9.17) is 5.73 Å². The lowest BCUT2D eigenvalue weighted by Crippen LogP contribution is -2.14. The molecular weight excluding hydrogens is 267 g/mol. The summed E-state index contributed by atoms with van der Waals surface area (Å²) in [5.41, 5.74) is 7.86. The van der Waals surface area contributed by atoms with Gasteiger partial charge in [-0.3, -0.25) is 4.79 Å². The van der Waals surface area contributed by atoms with Crippen LogP contribution >= 0.6 is 0 Å². The number of nitrogens with one attached hydrogen (secondary N) is 1. The molecule has 0 bridgehead atoms. The van der Waals surface area contributed by atoms with E-state index in [-0.39, 0.29) is 22.6 Å². The normalized spacial score (nSPS) is 11.2. The zero-order chi connectivity index (χ0) is 15.6. The van der Waals surface area contributed by atoms with E-state index in [9.17, 15) is 9.18 Å². The third-order valence-electron chi connectivity index (χ3n) is 3.19. The van der Waals surface area contributed by atoms with Gasteiger partial charge in [0, 0.05) is 16.9 Å². The van der Waals surface area contributed by atoms with Crippen molar-refractivity contribution in [3.05, 3.63) is 59.4 Å². The Hall–Kier alpha value is -2.36. The molecule has 0 aliphatic carbocycles. The maximum Gasteiger partial charge on any atom is 0.255 e. The molecule has 110 valence electrons. The fraction of sp³-hybridized carbons (Fsp3) is 0.235. The summed E-state index contributed by atoms with van der Waals surface area (Å²) in [7, 11) is 0. The minimum absolute atomic E-state index is 0.0551. The molecule has 0 radical (unpaired) electrons. The number of rotatable bonds is 2. The van der Waals surface area contributed by atoms with Gasteiger partial charge in [-0.1, -0.05) is 32.9 Å². The Kier molecular flexibility index (Phi) is 3.98. The van der Waals surface area contributed by atoms with Gasteiger partial charge >= 0.3 is 0 Å². The van der Waals surface area contributed by atoms with Gasteiger partial charge in [0.05, 0.1) is 0 Å². The van der Waals surface area contributed by atoms with E-state index in [1.807, 2.05) is 24.3 Å². The molecule has 3 nitrogen and oxygen atoms in total. The number of nitrogen functional groups attached to an aromatic ring is 1. The lowest BCUT2D eigenvalue weighted by Gasteiger charge is -2.19. The van der Waals surface area contributed by atoms with Crippen LogP contribution in [-0.2, 0) is 5.41 Å². The van der Waals surface area contributed by atoms with E-state index in [0.29, 0.717) is 5.69 Å². The smallest absolute Gasteiger partial charge is 0.255 e. The van der Waals surface area contributed by atoms with Crippen LogP contribution in [-0.4, -0.2) is 5.91 Å². The first-order valence-corrected chi connectivity index (χ1v) is 6.74. The van der Waals surface area contributed by atoms with Crippen molar-refractivity contribution in [2.24, 2.45) is 0 Å². The lowest BCUT2D eigenvalue weighted by molar-refractivity contribution is 0.102. The van der Waals surface area contributed by atoms with Crippen molar-refractivity contribution >= 4 is 17.3 Å². The van der Waals surface area contributed by atoms with Crippen LogP contribution in [0.1, 0.15) is 36.7 Å². The predicted octanol–water partition coefficient (Wildman–Crippen LogP) is 3.96. The van der Waals surface area contributed by atoms with Crippen LogP contribution in [0, 0.1) is 5.82 Å². The van der Waals surface area contributed by atoms with Crippen LogP contribution in [0.15, 0.2) is 42.5 Å². The van der Waals surface area contributed by atoms with Gasteiger partial charge in [-0.05, 0) is 41.3 Å². The Morgan fingerprint density at radius 1 is 1.10 bits per heavy atom. The van der Waals surface area contributed by atoms with Gasteiger partial charge < -0.3 is 11.1 Å². The zero-order valence-corrected chi connectivity index (χ0v) is 12.4. The van der Waals surface area contributed by atoms with Crippen LogP contribution in [0.4, 0.5) is 15.8 Å². The molecule has 0 saturated carbocycles. The van der Waals surface area contributed by atoms with Crippen molar-refractivity contribution in [2.45, 2.75) is 26.2 Å². The molecule has 2 rings (SSSR count). The standard InChI is InChI=1S/C17H19FN2O/c1-17(2,3)12-4-6-15(7-5-12)20-16(21)11-8-13(18)10-14(19)9-11/h4-10H,19H2,1-3H3,(H,20,21). The van der Waals surface area contributed by atoms with E-state index in [0.717, 1.165) is 6.07 Å². The third kappa shape index (κ3) is 3.81. The quantitative estimate of drug-likeness (QED) is 0.821. The molecular formula is C17H19FN2O. The van der Waals surface area contributed by atoms with E-state index in [1.54, 1.807) is 0 Å². The van der Waals surface area contributed by atoms with Gasteiger partial charge in [-0.25, -0.2) is 4.39 Å². The third-order valence-corrected chi connectivity index (χ3v) is 3.19. The summed E-state index contributed by atoms with van der Waals surface area (Å²) in [4.78, 5) is 12.1. The second-order valence-corrected chi connectivity index (χ2v) is 6.05. The molecule has 0 spiro atoms. The number of hydrogen-bond donors (Lipinski definition) is 2. The number of carbonyl (C=O) groups excluding carboxylic acids is 1. The van der Waals surface area contributed by atoms with Crippen LogP contribution < -0.4 is 11.1 Å². The average Bonchev–Trinajstić information content (AvgIpc) is 2.37. The monoisotopic (exact) mass is 286 g/mol. The lowest BCUT2D eigenvalue weighted by atomic mass is 9.87. The Labute approximate surface area is 124 Å². The highest BCUT2D eigenvalue weighted by Crippen LogP contribution is 2.23. The van der Waals surface area contributed by atoms with Gasteiger partial charge in [0.25, 0.3) is 5.91 Å². The molecule has 3 N–H and O–H groups in total. The minimum Gasteiger partial charge on any atom is -0.399 e. The Balaban J connectivity index is 2.16. The molecule has 21 heavy (non-hydrogen) atoms. The highest BCUT2D eigenvalue weighted by molar-refractivity contribution is 6.04. The molecule has 2 aromatic rings. The molecule has 0 fully saturated rings. The highest BCUT2D eigenvalue weighted by atomic mass is 19.1. The molecule has 2 aromatic carbocycles. The number of anilines is 2. The van der Waals surface area contributed by atoms with Gasteiger partial charge in [-0.15, -0.1) is 0 Å². The van der Waals surface area contributed by atoms with Gasteiger partial charge in [0.1, 0.15) is 5.82 Å². The van der Waals surface area contributed by atoms with Gasteiger partial charge in [0.2, 0.25) is 0 Å². The van der Waals surface area contributed by atoms with Crippen LogP contribution in [0.3, 0.4) is 0 Å². The average molecular weight is 286 g/mol. The summed E-state index contributed by atoms with van der Waals surface area (Å²) in [5.74, 6) is -0.909. The number of carbonyl (C=O) groups is 1.